The van der Waals surface area contributed by atoms with E-state index in [1.807, 2.05) is 0 Å². The molecule has 0 bridgehead atoms. The molecule has 156 valence electrons. The Morgan fingerprint density at radius 2 is 1.80 bits per heavy atom. The van der Waals surface area contributed by atoms with Crippen LogP contribution in [-0.2, 0) is 19.6 Å². The molecule has 1 aromatic heterocycles. The highest BCUT2D eigenvalue weighted by molar-refractivity contribution is 7.92. The van der Waals surface area contributed by atoms with Crippen LogP contribution in [-0.4, -0.2) is 42.4 Å². The maximum atomic E-state index is 12.7. The second kappa shape index (κ2) is 8.71. The lowest BCUT2D eigenvalue weighted by Gasteiger charge is -2.11. The van der Waals surface area contributed by atoms with Gasteiger partial charge in [-0.1, -0.05) is 16.0 Å². The van der Waals surface area contributed by atoms with Crippen molar-refractivity contribution in [1.82, 2.24) is 25.9 Å². The molecule has 6 N–H and O–H groups in total. The van der Waals surface area contributed by atoms with Crippen molar-refractivity contribution in [2.45, 2.75) is 4.90 Å². The lowest BCUT2D eigenvalue weighted by molar-refractivity contribution is -0.464. The van der Waals surface area contributed by atoms with Gasteiger partial charge in [-0.05, 0) is 36.4 Å². The van der Waals surface area contributed by atoms with Crippen LogP contribution in [0, 0.1) is 4.77 Å². The number of tetrazole rings is 1. The van der Waals surface area contributed by atoms with Gasteiger partial charge >= 0.3 is 16.6 Å². The Bertz CT molecular complexity index is 1230. The third-order valence-corrected chi connectivity index (χ3v) is 5.43. The topological polar surface area (TPSA) is 164 Å². The molecule has 0 saturated heterocycles. The Morgan fingerprint density at radius 1 is 1.10 bits per heavy atom. The standard InChI is InChI=1S/C16H16N8O4S2/c1-17-14(25)15(26)19-18-10-5-7-11(8-6-10)21-30(27,28)13-4-2-3-12(9-13)24-16(29)20-22-23-24/h2-9,18,21H,1H3,(H,17,25)(H,19,26)(H,20,23,29)/p+1. The molecule has 0 unspecified atom stereocenters. The average molecular weight is 449 g/mol. The van der Waals surface area contributed by atoms with Crippen LogP contribution in [0.5, 0.6) is 0 Å². The third-order valence-electron chi connectivity index (χ3n) is 3.78. The van der Waals surface area contributed by atoms with Crippen LogP contribution >= 0.6 is 12.2 Å². The van der Waals surface area contributed by atoms with Gasteiger partial charge in [0.1, 0.15) is 5.69 Å². The van der Waals surface area contributed by atoms with E-state index in [9.17, 15) is 18.0 Å². The molecular formula is C16H17N8O4S2+. The maximum absolute atomic E-state index is 12.7. The number of amides is 2. The number of nitrogens with one attached hydrogen (secondary N) is 6. The lowest BCUT2D eigenvalue weighted by Crippen LogP contribution is -2.40. The van der Waals surface area contributed by atoms with Crippen molar-refractivity contribution < 1.29 is 23.1 Å². The summed E-state index contributed by atoms with van der Waals surface area (Å²) >= 11 is 5.07. The Hall–Kier alpha value is -3.78. The van der Waals surface area contributed by atoms with Crippen LogP contribution in [0.25, 0.3) is 5.69 Å². The van der Waals surface area contributed by atoms with Gasteiger partial charge in [-0.25, -0.2) is 8.42 Å². The highest BCUT2D eigenvalue weighted by Crippen LogP contribution is 2.20. The predicted molar refractivity (Wildman–Crippen MR) is 108 cm³/mol. The van der Waals surface area contributed by atoms with Gasteiger partial charge < -0.3 is 5.32 Å². The van der Waals surface area contributed by atoms with E-state index in [4.69, 9.17) is 12.2 Å². The number of rotatable bonds is 6. The summed E-state index contributed by atoms with van der Waals surface area (Å²) in [6, 6.07) is 12.2. The van der Waals surface area contributed by atoms with Gasteiger partial charge in [0.25, 0.3) is 10.0 Å². The highest BCUT2D eigenvalue weighted by atomic mass is 32.2. The normalized spacial score (nSPS) is 10.8. The summed E-state index contributed by atoms with van der Waals surface area (Å²) in [5.41, 5.74) is 5.99. The van der Waals surface area contributed by atoms with Crippen molar-refractivity contribution in [3.05, 3.63) is 53.3 Å². The summed E-state index contributed by atoms with van der Waals surface area (Å²) in [4.78, 5) is 22.6. The van der Waals surface area contributed by atoms with Crippen LogP contribution in [0.4, 0.5) is 11.4 Å². The molecular weight excluding hydrogens is 432 g/mol. The number of sulfonamides is 1. The minimum Gasteiger partial charge on any atom is -0.351 e. The van der Waals surface area contributed by atoms with Gasteiger partial charge in [-0.15, -0.1) is 5.10 Å². The second-order valence-electron chi connectivity index (χ2n) is 5.80. The largest absolute Gasteiger partial charge is 0.351 e. The van der Waals surface area contributed by atoms with E-state index in [1.54, 1.807) is 12.1 Å². The Balaban J connectivity index is 1.71. The molecule has 0 aliphatic heterocycles. The van der Waals surface area contributed by atoms with Crippen molar-refractivity contribution in [2.24, 2.45) is 0 Å². The molecule has 0 aliphatic rings. The molecule has 0 spiro atoms. The van der Waals surface area contributed by atoms with Crippen LogP contribution in [0.3, 0.4) is 0 Å². The third kappa shape index (κ3) is 4.79. The number of hydrogen-bond donors (Lipinski definition) is 5. The Labute approximate surface area is 175 Å². The average Bonchev–Trinajstić information content (AvgIpc) is 3.18. The highest BCUT2D eigenvalue weighted by Gasteiger charge is 2.17. The lowest BCUT2D eigenvalue weighted by atomic mass is 10.3. The number of likely N-dealkylation sites (N-methyl/N-ethyl adjacent to an activating group) is 1. The number of benzene rings is 2. The molecule has 0 saturated carbocycles. The molecule has 12 nitrogen and oxygen atoms in total. The number of aromatic amines is 2. The van der Waals surface area contributed by atoms with Gasteiger partial charge in [-0.2, -0.15) is 0 Å². The molecule has 0 atom stereocenters. The molecule has 0 radical (unpaired) electrons. The number of hydrogen-bond acceptors (Lipinski definition) is 7. The zero-order chi connectivity index (χ0) is 21.7. The molecule has 2 aromatic carbocycles. The summed E-state index contributed by atoms with van der Waals surface area (Å²) in [7, 11) is -2.54. The quantitative estimate of drug-likeness (QED) is 0.196. The van der Waals surface area contributed by atoms with Gasteiger partial charge in [0.05, 0.1) is 15.8 Å². The van der Waals surface area contributed by atoms with Crippen LogP contribution in [0.15, 0.2) is 53.4 Å². The first-order chi connectivity index (χ1) is 14.3. The predicted octanol–water partition coefficient (Wildman–Crippen LogP) is -0.266. The molecule has 0 fully saturated rings. The number of carbonyl (C=O) groups is 2. The van der Waals surface area contributed by atoms with Gasteiger partial charge in [0, 0.05) is 31.0 Å². The second-order valence-corrected chi connectivity index (χ2v) is 7.87. The maximum Gasteiger partial charge on any atom is 0.349 e. The van der Waals surface area contributed by atoms with Crippen molar-refractivity contribution in [1.29, 1.82) is 0 Å². The van der Waals surface area contributed by atoms with Crippen LogP contribution in [0.2, 0.25) is 0 Å². The smallest absolute Gasteiger partial charge is 0.349 e. The fourth-order valence-corrected chi connectivity index (χ4v) is 3.61. The zero-order valence-electron chi connectivity index (χ0n) is 15.5. The minimum absolute atomic E-state index is 0.0246. The van der Waals surface area contributed by atoms with Gasteiger partial charge in [0.15, 0.2) is 0 Å². The first kappa shape index (κ1) is 20.9. The number of H-pyrrole nitrogens is 2. The van der Waals surface area contributed by atoms with E-state index >= 15 is 0 Å². The van der Waals surface area contributed by atoms with Crippen molar-refractivity contribution in [2.75, 3.05) is 17.2 Å². The molecule has 30 heavy (non-hydrogen) atoms. The number of hydrazine groups is 1. The van der Waals surface area contributed by atoms with E-state index in [1.165, 1.54) is 48.1 Å². The van der Waals surface area contributed by atoms with Crippen LogP contribution in [0.1, 0.15) is 0 Å². The summed E-state index contributed by atoms with van der Waals surface area (Å²) < 4.78 is 29.6. The molecule has 2 amide bonds. The monoisotopic (exact) mass is 449 g/mol. The van der Waals surface area contributed by atoms with Crippen molar-refractivity contribution in [3.63, 3.8) is 0 Å². The van der Waals surface area contributed by atoms with Gasteiger partial charge in [0.2, 0.25) is 0 Å². The minimum atomic E-state index is -3.88. The summed E-state index contributed by atoms with van der Waals surface area (Å²) in [6.07, 6.45) is 0. The number of anilines is 2. The molecule has 3 rings (SSSR count). The first-order valence-electron chi connectivity index (χ1n) is 8.36. The van der Waals surface area contributed by atoms with E-state index in [0.29, 0.717) is 17.1 Å². The summed E-state index contributed by atoms with van der Waals surface area (Å²) in [5.74, 6) is -1.67. The fraction of sp³-hybridized carbons (Fsp3) is 0.0625. The first-order valence-corrected chi connectivity index (χ1v) is 10.3. The van der Waals surface area contributed by atoms with E-state index in [2.05, 4.69) is 36.4 Å². The fourth-order valence-electron chi connectivity index (χ4n) is 2.32. The molecule has 1 heterocycles. The van der Waals surface area contributed by atoms with Crippen molar-refractivity contribution >= 4 is 45.4 Å². The van der Waals surface area contributed by atoms with Crippen molar-refractivity contribution in [3.8, 4) is 5.69 Å². The number of nitrogens with zero attached hydrogens (tertiary/aromatic N) is 2. The Morgan fingerprint density at radius 3 is 2.43 bits per heavy atom. The zero-order valence-corrected chi connectivity index (χ0v) is 17.1. The number of carbonyl (C=O) groups excluding carboxylic acids is 2. The van der Waals surface area contributed by atoms with Gasteiger partial charge in [-0.3, -0.25) is 25.2 Å². The van der Waals surface area contributed by atoms with E-state index in [0.717, 1.165) is 0 Å². The SMILES string of the molecule is CNC(=O)C(=O)NNc1ccc(NS(=O)(=O)c2cccc(-n3[nH]n[nH+]c3=S)c2)cc1. The van der Waals surface area contributed by atoms with E-state index in [-0.39, 0.29) is 9.67 Å². The molecule has 14 heteroatoms. The summed E-state index contributed by atoms with van der Waals surface area (Å²) in [5, 5.41) is 11.0. The molecule has 0 aliphatic carbocycles. The molecule has 3 aromatic rings. The Kier molecular flexibility index (Phi) is 6.08. The van der Waals surface area contributed by atoms with Crippen LogP contribution < -0.4 is 26.0 Å². The summed E-state index contributed by atoms with van der Waals surface area (Å²) in [6.45, 7) is 0. The number of aromatic nitrogens is 4. The van der Waals surface area contributed by atoms with E-state index < -0.39 is 21.8 Å².